The lowest BCUT2D eigenvalue weighted by molar-refractivity contribution is 0.0600. The number of sulfonamides is 1. The standard InChI is InChI=1S/C21H26N2O4S/c1-27-21(24)19-11-9-17(10-12-19)15-22-28(25,26)20(16-23-13-5-6-14-23)18-7-3-2-4-8-18/h2-4,7-12,20,22H,5-6,13-16H2,1H3. The molecule has 1 aliphatic rings. The number of hydrogen-bond donors (Lipinski definition) is 1. The number of benzene rings is 2. The summed E-state index contributed by atoms with van der Waals surface area (Å²) in [7, 11) is -2.25. The van der Waals surface area contributed by atoms with E-state index in [0.717, 1.165) is 37.1 Å². The van der Waals surface area contributed by atoms with Gasteiger partial charge in [-0.05, 0) is 49.2 Å². The maximum absolute atomic E-state index is 13.1. The van der Waals surface area contributed by atoms with Gasteiger partial charge in [0.1, 0.15) is 5.25 Å². The van der Waals surface area contributed by atoms with Crippen molar-refractivity contribution in [3.63, 3.8) is 0 Å². The molecule has 28 heavy (non-hydrogen) atoms. The van der Waals surface area contributed by atoms with Crippen molar-refractivity contribution in [2.45, 2.75) is 24.6 Å². The molecule has 1 aliphatic heterocycles. The number of nitrogens with zero attached hydrogens (tertiary/aromatic N) is 1. The molecule has 0 spiro atoms. The Kier molecular flexibility index (Phi) is 6.83. The maximum atomic E-state index is 13.1. The van der Waals surface area contributed by atoms with Gasteiger partial charge in [0.15, 0.2) is 0 Å². The van der Waals surface area contributed by atoms with Crippen LogP contribution in [0.25, 0.3) is 0 Å². The van der Waals surface area contributed by atoms with E-state index in [4.69, 9.17) is 0 Å². The summed E-state index contributed by atoms with van der Waals surface area (Å²) >= 11 is 0. The van der Waals surface area contributed by atoms with Crippen molar-refractivity contribution < 1.29 is 17.9 Å². The van der Waals surface area contributed by atoms with Crippen LogP contribution in [0.4, 0.5) is 0 Å². The second kappa shape index (κ2) is 9.32. The van der Waals surface area contributed by atoms with Gasteiger partial charge in [-0.25, -0.2) is 17.9 Å². The Bertz CT molecular complexity index is 876. The molecule has 1 atom stereocenters. The molecule has 1 N–H and O–H groups in total. The van der Waals surface area contributed by atoms with Gasteiger partial charge in [0.25, 0.3) is 0 Å². The molecular formula is C21H26N2O4S. The first kappa shape index (κ1) is 20.5. The van der Waals surface area contributed by atoms with Gasteiger partial charge < -0.3 is 9.64 Å². The number of methoxy groups -OCH3 is 1. The number of ether oxygens (including phenoxy) is 1. The molecule has 6 nitrogen and oxygen atoms in total. The van der Waals surface area contributed by atoms with Gasteiger partial charge in [0, 0.05) is 13.1 Å². The van der Waals surface area contributed by atoms with E-state index in [1.165, 1.54) is 7.11 Å². The summed E-state index contributed by atoms with van der Waals surface area (Å²) in [4.78, 5) is 13.7. The topological polar surface area (TPSA) is 75.7 Å². The van der Waals surface area contributed by atoms with Crippen LogP contribution < -0.4 is 4.72 Å². The lowest BCUT2D eigenvalue weighted by Crippen LogP contribution is -2.36. The fraction of sp³-hybridized carbons (Fsp3) is 0.381. The predicted octanol–water partition coefficient (Wildman–Crippen LogP) is 2.73. The van der Waals surface area contributed by atoms with Gasteiger partial charge in [-0.1, -0.05) is 42.5 Å². The average molecular weight is 403 g/mol. The Morgan fingerprint density at radius 2 is 1.71 bits per heavy atom. The minimum Gasteiger partial charge on any atom is -0.465 e. The van der Waals surface area contributed by atoms with E-state index in [1.807, 2.05) is 30.3 Å². The van der Waals surface area contributed by atoms with E-state index < -0.39 is 21.2 Å². The molecule has 7 heteroatoms. The molecule has 0 saturated carbocycles. The molecule has 1 heterocycles. The molecule has 2 aromatic carbocycles. The average Bonchev–Trinajstić information content (AvgIpc) is 3.24. The van der Waals surface area contributed by atoms with Gasteiger partial charge in [0.05, 0.1) is 12.7 Å². The summed E-state index contributed by atoms with van der Waals surface area (Å²) in [5.74, 6) is -0.415. The third kappa shape index (κ3) is 5.19. The van der Waals surface area contributed by atoms with Gasteiger partial charge in [-0.3, -0.25) is 0 Å². The molecule has 3 rings (SSSR count). The van der Waals surface area contributed by atoms with Crippen LogP contribution in [0, 0.1) is 0 Å². The van der Waals surface area contributed by atoms with Crippen molar-refractivity contribution in [2.75, 3.05) is 26.7 Å². The number of rotatable bonds is 8. The number of nitrogens with one attached hydrogen (secondary N) is 1. The highest BCUT2D eigenvalue weighted by Gasteiger charge is 2.30. The summed E-state index contributed by atoms with van der Waals surface area (Å²) in [6, 6.07) is 16.1. The normalized spacial score (nSPS) is 16.0. The first-order chi connectivity index (χ1) is 13.5. The van der Waals surface area contributed by atoms with Crippen LogP contribution in [0.1, 0.15) is 39.6 Å². The molecular weight excluding hydrogens is 376 g/mol. The fourth-order valence-corrected chi connectivity index (χ4v) is 4.90. The highest BCUT2D eigenvalue weighted by Crippen LogP contribution is 2.25. The summed E-state index contributed by atoms with van der Waals surface area (Å²) in [6.45, 7) is 2.54. The second-order valence-electron chi connectivity index (χ2n) is 6.96. The summed E-state index contributed by atoms with van der Waals surface area (Å²) in [5, 5.41) is -0.624. The Morgan fingerprint density at radius 1 is 1.07 bits per heavy atom. The SMILES string of the molecule is COC(=O)c1ccc(CNS(=O)(=O)C(CN2CCCC2)c2ccccc2)cc1. The Hall–Kier alpha value is -2.22. The number of hydrogen-bond acceptors (Lipinski definition) is 5. The van der Waals surface area contributed by atoms with Crippen molar-refractivity contribution >= 4 is 16.0 Å². The van der Waals surface area contributed by atoms with Crippen LogP contribution in [-0.4, -0.2) is 46.0 Å². The molecule has 150 valence electrons. The van der Waals surface area contributed by atoms with Crippen LogP contribution in [-0.2, 0) is 21.3 Å². The molecule has 2 aromatic rings. The Balaban J connectivity index is 1.72. The highest BCUT2D eigenvalue weighted by atomic mass is 32.2. The quantitative estimate of drug-likeness (QED) is 0.687. The first-order valence-corrected chi connectivity index (χ1v) is 11.0. The van der Waals surface area contributed by atoms with Gasteiger partial charge in [0.2, 0.25) is 10.0 Å². The van der Waals surface area contributed by atoms with Crippen molar-refractivity contribution in [3.05, 3.63) is 71.3 Å². The minimum atomic E-state index is -3.58. The van der Waals surface area contributed by atoms with Crippen LogP contribution in [0.3, 0.4) is 0 Å². The number of esters is 1. The first-order valence-electron chi connectivity index (χ1n) is 9.42. The van der Waals surface area contributed by atoms with E-state index in [-0.39, 0.29) is 6.54 Å². The van der Waals surface area contributed by atoms with E-state index >= 15 is 0 Å². The molecule has 0 aliphatic carbocycles. The van der Waals surface area contributed by atoms with Crippen LogP contribution in [0.5, 0.6) is 0 Å². The molecule has 0 radical (unpaired) electrons. The van der Waals surface area contributed by atoms with E-state index in [9.17, 15) is 13.2 Å². The van der Waals surface area contributed by atoms with Crippen LogP contribution in [0.2, 0.25) is 0 Å². The molecule has 1 fully saturated rings. The Morgan fingerprint density at radius 3 is 2.32 bits per heavy atom. The number of likely N-dealkylation sites (tertiary alicyclic amines) is 1. The van der Waals surface area contributed by atoms with Gasteiger partial charge in [-0.2, -0.15) is 0 Å². The summed E-state index contributed by atoms with van der Waals surface area (Å²) in [6.07, 6.45) is 2.23. The highest BCUT2D eigenvalue weighted by molar-refractivity contribution is 7.89. The van der Waals surface area contributed by atoms with E-state index in [0.29, 0.717) is 12.1 Å². The third-order valence-corrected chi connectivity index (χ3v) is 6.74. The smallest absolute Gasteiger partial charge is 0.337 e. The lowest BCUT2D eigenvalue weighted by atomic mass is 10.1. The number of carbonyl (C=O) groups excluding carboxylic acids is 1. The largest absolute Gasteiger partial charge is 0.465 e. The summed E-state index contributed by atoms with van der Waals surface area (Å²) in [5.41, 5.74) is 2.01. The molecule has 1 unspecified atom stereocenters. The number of carbonyl (C=O) groups is 1. The van der Waals surface area contributed by atoms with Gasteiger partial charge in [-0.15, -0.1) is 0 Å². The minimum absolute atomic E-state index is 0.174. The molecule has 1 saturated heterocycles. The van der Waals surface area contributed by atoms with E-state index in [2.05, 4.69) is 14.4 Å². The molecule has 0 aromatic heterocycles. The van der Waals surface area contributed by atoms with Crippen molar-refractivity contribution in [1.29, 1.82) is 0 Å². The molecule has 0 amide bonds. The van der Waals surface area contributed by atoms with Crippen molar-refractivity contribution in [3.8, 4) is 0 Å². The maximum Gasteiger partial charge on any atom is 0.337 e. The zero-order chi connectivity index (χ0) is 20.0. The zero-order valence-electron chi connectivity index (χ0n) is 16.0. The van der Waals surface area contributed by atoms with Crippen molar-refractivity contribution in [1.82, 2.24) is 9.62 Å². The van der Waals surface area contributed by atoms with E-state index in [1.54, 1.807) is 24.3 Å². The van der Waals surface area contributed by atoms with Crippen LogP contribution >= 0.6 is 0 Å². The second-order valence-corrected chi connectivity index (χ2v) is 8.91. The van der Waals surface area contributed by atoms with Crippen molar-refractivity contribution in [2.24, 2.45) is 0 Å². The van der Waals surface area contributed by atoms with Gasteiger partial charge >= 0.3 is 5.97 Å². The summed E-state index contributed by atoms with van der Waals surface area (Å²) < 4.78 is 33.6. The lowest BCUT2D eigenvalue weighted by Gasteiger charge is -2.24. The zero-order valence-corrected chi connectivity index (χ0v) is 16.8. The Labute approximate surface area is 166 Å². The predicted molar refractivity (Wildman–Crippen MR) is 108 cm³/mol. The molecule has 0 bridgehead atoms. The monoisotopic (exact) mass is 402 g/mol. The third-order valence-electron chi connectivity index (χ3n) is 5.02. The van der Waals surface area contributed by atoms with Crippen LogP contribution in [0.15, 0.2) is 54.6 Å². The fourth-order valence-electron chi connectivity index (χ4n) is 3.41.